The van der Waals surface area contributed by atoms with E-state index < -0.39 is 0 Å². The van der Waals surface area contributed by atoms with Crippen molar-refractivity contribution in [1.82, 2.24) is 0 Å². The molecule has 0 heterocycles. The SMILES string of the molecule is [Au].[N-]=C=O.[N-]=C=O. The molecule has 43 valence electrons. The van der Waals surface area contributed by atoms with Crippen molar-refractivity contribution in [1.29, 1.82) is 0 Å². The molecule has 0 amide bonds. The van der Waals surface area contributed by atoms with E-state index in [1.807, 2.05) is 0 Å². The molecular weight excluding hydrogens is 281 g/mol. The molecule has 7 heavy (non-hydrogen) atoms. The minimum Gasteiger partial charge on any atom is -0.724 e. The van der Waals surface area contributed by atoms with Gasteiger partial charge in [-0.05, 0) is 12.2 Å². The maximum absolute atomic E-state index is 8.24. The zero-order chi connectivity index (χ0) is 5.41. The summed E-state index contributed by atoms with van der Waals surface area (Å²) in [6, 6.07) is 0. The van der Waals surface area contributed by atoms with Crippen LogP contribution in [0.1, 0.15) is 0 Å². The van der Waals surface area contributed by atoms with Crippen molar-refractivity contribution in [3.05, 3.63) is 10.8 Å². The standard InChI is InChI=1S/2CNO.Au/c2*2-1-3;/q2*-1;. The molecule has 5 heteroatoms. The summed E-state index contributed by atoms with van der Waals surface area (Å²) in [5, 5.41) is 13.5. The second-order valence-electron chi connectivity index (χ2n) is 0.183. The smallest absolute Gasteiger partial charge is 0 e. The summed E-state index contributed by atoms with van der Waals surface area (Å²) in [5.41, 5.74) is 0. The summed E-state index contributed by atoms with van der Waals surface area (Å²) in [6.07, 6.45) is 1.00. The minimum atomic E-state index is 0. The van der Waals surface area contributed by atoms with Crippen LogP contribution in [0.2, 0.25) is 0 Å². The van der Waals surface area contributed by atoms with Crippen molar-refractivity contribution < 1.29 is 32.0 Å². The van der Waals surface area contributed by atoms with Gasteiger partial charge in [0.2, 0.25) is 0 Å². The normalized spacial score (nSPS) is 2.29. The van der Waals surface area contributed by atoms with Gasteiger partial charge in [-0.25, -0.2) is 0 Å². The average Bonchev–Trinajstić information content (AvgIpc) is 1.39. The zero-order valence-corrected chi connectivity index (χ0v) is 5.18. The molecule has 0 rings (SSSR count). The topological polar surface area (TPSA) is 78.7 Å². The number of carbonyl (C=O) groups excluding carboxylic acids is 2. The Labute approximate surface area is 55.4 Å². The molecule has 0 aliphatic rings. The van der Waals surface area contributed by atoms with Gasteiger partial charge in [0.1, 0.15) is 0 Å². The van der Waals surface area contributed by atoms with E-state index in [9.17, 15) is 0 Å². The number of hydrogen-bond acceptors (Lipinski definition) is 2. The van der Waals surface area contributed by atoms with E-state index in [-0.39, 0.29) is 22.4 Å². The van der Waals surface area contributed by atoms with Crippen LogP contribution < -0.4 is 0 Å². The Hall–Kier alpha value is -0.500. The van der Waals surface area contributed by atoms with Gasteiger partial charge in [-0.1, -0.05) is 0 Å². The van der Waals surface area contributed by atoms with Gasteiger partial charge >= 0.3 is 0 Å². The first-order valence-corrected chi connectivity index (χ1v) is 0.855. The fourth-order valence-electron chi connectivity index (χ4n) is 0. The Morgan fingerprint density at radius 2 is 1.00 bits per heavy atom. The molecule has 1 radical (unpaired) electrons. The molecular formula is C2AuN2O2-2. The van der Waals surface area contributed by atoms with E-state index in [0.717, 1.165) is 0 Å². The molecule has 0 aliphatic heterocycles. The van der Waals surface area contributed by atoms with Crippen LogP contribution in [0.4, 0.5) is 0 Å². The molecule has 0 spiro atoms. The summed E-state index contributed by atoms with van der Waals surface area (Å²) in [4.78, 5) is 16.5. The summed E-state index contributed by atoms with van der Waals surface area (Å²) in [6.45, 7) is 0. The quantitative estimate of drug-likeness (QED) is 0.349. The van der Waals surface area contributed by atoms with Crippen LogP contribution in [0, 0.1) is 0 Å². The van der Waals surface area contributed by atoms with E-state index in [1.165, 1.54) is 0 Å². The Kier molecular flexibility index (Phi) is 113. The molecule has 0 N–H and O–H groups in total. The first kappa shape index (κ1) is 16.1. The maximum atomic E-state index is 8.24. The largest absolute Gasteiger partial charge is 0.724 e. The third-order valence-corrected chi connectivity index (χ3v) is 0. The predicted octanol–water partition coefficient (Wildman–Crippen LogP) is -0.219. The second kappa shape index (κ2) is 49.5. The predicted molar refractivity (Wildman–Crippen MR) is 18.1 cm³/mol. The van der Waals surface area contributed by atoms with Crippen molar-refractivity contribution in [2.75, 3.05) is 0 Å². The zero-order valence-electron chi connectivity index (χ0n) is 3.01. The number of hydrogen-bond donors (Lipinski definition) is 0. The Balaban J connectivity index is -0.0000000400. The fraction of sp³-hybridized carbons (Fsp3) is 0. The molecule has 0 aromatic rings. The van der Waals surface area contributed by atoms with Gasteiger partial charge in [0, 0.05) is 22.4 Å². The molecule has 0 bridgehead atoms. The molecule has 0 unspecified atom stereocenters. The summed E-state index contributed by atoms with van der Waals surface area (Å²) in [7, 11) is 0. The number of rotatable bonds is 0. The molecule has 0 saturated heterocycles. The van der Waals surface area contributed by atoms with Crippen molar-refractivity contribution in [3.8, 4) is 0 Å². The van der Waals surface area contributed by atoms with Gasteiger partial charge in [-0.2, -0.15) is 0 Å². The molecule has 0 aliphatic carbocycles. The van der Waals surface area contributed by atoms with E-state index in [2.05, 4.69) is 0 Å². The summed E-state index contributed by atoms with van der Waals surface area (Å²) < 4.78 is 0. The first-order valence-electron chi connectivity index (χ1n) is 0.855. The Morgan fingerprint density at radius 3 is 1.00 bits per heavy atom. The van der Waals surface area contributed by atoms with Crippen LogP contribution in [0.5, 0.6) is 0 Å². The third-order valence-electron chi connectivity index (χ3n) is 0. The van der Waals surface area contributed by atoms with E-state index in [1.54, 1.807) is 0 Å². The maximum Gasteiger partial charge on any atom is 0 e. The molecule has 0 aromatic heterocycles. The van der Waals surface area contributed by atoms with Crippen LogP contribution >= 0.6 is 0 Å². The van der Waals surface area contributed by atoms with E-state index >= 15 is 0 Å². The van der Waals surface area contributed by atoms with Gasteiger partial charge in [-0.3, -0.25) is 9.59 Å². The molecule has 0 aromatic carbocycles. The van der Waals surface area contributed by atoms with Gasteiger partial charge in [0.25, 0.3) is 0 Å². The van der Waals surface area contributed by atoms with Crippen molar-refractivity contribution in [2.45, 2.75) is 0 Å². The summed E-state index contributed by atoms with van der Waals surface area (Å²) in [5.74, 6) is 0. The molecule has 4 nitrogen and oxygen atoms in total. The van der Waals surface area contributed by atoms with Crippen LogP contribution in [-0.2, 0) is 32.0 Å². The van der Waals surface area contributed by atoms with Crippen molar-refractivity contribution in [2.24, 2.45) is 0 Å². The van der Waals surface area contributed by atoms with E-state index in [4.69, 9.17) is 20.4 Å². The average molecular weight is 281 g/mol. The van der Waals surface area contributed by atoms with E-state index in [0.29, 0.717) is 12.2 Å². The third kappa shape index (κ3) is 270. The minimum absolute atomic E-state index is 0. The number of isocyanates is 2. The van der Waals surface area contributed by atoms with Crippen LogP contribution in [0.15, 0.2) is 0 Å². The van der Waals surface area contributed by atoms with Crippen molar-refractivity contribution in [3.63, 3.8) is 0 Å². The molecule has 0 fully saturated rings. The van der Waals surface area contributed by atoms with Crippen LogP contribution in [0.25, 0.3) is 10.8 Å². The van der Waals surface area contributed by atoms with Crippen LogP contribution in [0.3, 0.4) is 0 Å². The monoisotopic (exact) mass is 281 g/mol. The fourth-order valence-corrected chi connectivity index (χ4v) is 0. The number of nitrogens with zero attached hydrogens (tertiary/aromatic N) is 2. The van der Waals surface area contributed by atoms with Crippen molar-refractivity contribution >= 4 is 12.2 Å². The Morgan fingerprint density at radius 1 is 1.00 bits per heavy atom. The van der Waals surface area contributed by atoms with Crippen LogP contribution in [-0.4, -0.2) is 12.2 Å². The van der Waals surface area contributed by atoms with Gasteiger partial charge in [-0.15, -0.1) is 0 Å². The Bertz CT molecular complexity index is 67.7. The van der Waals surface area contributed by atoms with Gasteiger partial charge in [0.05, 0.1) is 0 Å². The second-order valence-corrected chi connectivity index (χ2v) is 0.183. The first-order chi connectivity index (χ1) is 2.83. The summed E-state index contributed by atoms with van der Waals surface area (Å²) >= 11 is 0. The van der Waals surface area contributed by atoms with Gasteiger partial charge < -0.3 is 10.8 Å². The molecule has 0 saturated carbocycles. The van der Waals surface area contributed by atoms with Gasteiger partial charge in [0.15, 0.2) is 0 Å². The molecule has 0 atom stereocenters.